The number of hydrogen-bond donors (Lipinski definition) is 1. The number of aliphatic carboxylic acids is 1. The van der Waals surface area contributed by atoms with E-state index in [1.54, 1.807) is 24.3 Å². The number of urea groups is 1. The lowest BCUT2D eigenvalue weighted by atomic mass is 9.88. The smallest absolute Gasteiger partial charge is 0.345 e. The molecular weight excluding hydrogens is 399 g/mol. The molecule has 2 aliphatic rings. The van der Waals surface area contributed by atoms with Crippen molar-refractivity contribution in [1.82, 2.24) is 9.96 Å². The van der Waals surface area contributed by atoms with Crippen LogP contribution in [-0.4, -0.2) is 33.6 Å². The molecule has 2 aliphatic heterocycles. The van der Waals surface area contributed by atoms with Crippen molar-refractivity contribution in [3.8, 4) is 11.1 Å². The van der Waals surface area contributed by atoms with Gasteiger partial charge in [-0.1, -0.05) is 54.6 Å². The van der Waals surface area contributed by atoms with E-state index in [2.05, 4.69) is 0 Å². The molecule has 1 N–H and O–H groups in total. The van der Waals surface area contributed by atoms with Crippen LogP contribution in [0.1, 0.15) is 28.8 Å². The Bertz CT molecular complexity index is 1150. The van der Waals surface area contributed by atoms with E-state index in [1.165, 1.54) is 22.1 Å². The number of nitrogens with zero attached hydrogens (tertiary/aromatic N) is 2. The summed E-state index contributed by atoms with van der Waals surface area (Å²) in [6, 6.07) is 19.0. The van der Waals surface area contributed by atoms with Gasteiger partial charge in [-0.05, 0) is 46.0 Å². The zero-order valence-corrected chi connectivity index (χ0v) is 16.4. The minimum absolute atomic E-state index is 0.196. The first kappa shape index (κ1) is 19.3. The third-order valence-corrected chi connectivity index (χ3v) is 5.76. The third-order valence-electron chi connectivity index (χ3n) is 5.76. The first-order valence-electron chi connectivity index (χ1n) is 9.92. The molecule has 7 heteroatoms. The van der Waals surface area contributed by atoms with Gasteiger partial charge in [0.1, 0.15) is 18.5 Å². The number of hydrogen-bond acceptors (Lipinski definition) is 3. The number of carbonyl (C=O) groups is 2. The first-order chi connectivity index (χ1) is 15.0. The molecule has 5 rings (SSSR count). The molecular formula is C24H19FN2O4. The van der Waals surface area contributed by atoms with Crippen molar-refractivity contribution in [1.29, 1.82) is 0 Å². The summed E-state index contributed by atoms with van der Waals surface area (Å²) in [5.74, 6) is -1.42. The van der Waals surface area contributed by atoms with Gasteiger partial charge in [0.2, 0.25) is 0 Å². The van der Waals surface area contributed by atoms with E-state index in [9.17, 15) is 19.1 Å². The second-order valence-corrected chi connectivity index (χ2v) is 7.63. The second kappa shape index (κ2) is 7.52. The number of carbonyl (C=O) groups excluding carboxylic acids is 1. The third kappa shape index (κ3) is 3.33. The van der Waals surface area contributed by atoms with E-state index in [0.29, 0.717) is 5.56 Å². The summed E-state index contributed by atoms with van der Waals surface area (Å²) in [5, 5.41) is 11.1. The van der Waals surface area contributed by atoms with Crippen molar-refractivity contribution in [2.75, 3.05) is 6.54 Å². The maximum atomic E-state index is 13.3. The number of amides is 2. The van der Waals surface area contributed by atoms with E-state index < -0.39 is 24.1 Å². The number of benzene rings is 3. The molecule has 2 heterocycles. The Kier molecular flexibility index (Phi) is 4.67. The van der Waals surface area contributed by atoms with Crippen LogP contribution in [0.2, 0.25) is 0 Å². The van der Waals surface area contributed by atoms with Gasteiger partial charge in [-0.25, -0.2) is 14.0 Å². The van der Waals surface area contributed by atoms with Crippen molar-refractivity contribution in [2.45, 2.75) is 18.7 Å². The molecule has 0 aromatic heterocycles. The number of rotatable bonds is 5. The molecule has 2 amide bonds. The molecule has 1 saturated heterocycles. The van der Waals surface area contributed by atoms with Crippen LogP contribution >= 0.6 is 0 Å². The number of carboxylic acids is 1. The van der Waals surface area contributed by atoms with E-state index in [4.69, 9.17) is 4.84 Å². The fourth-order valence-electron chi connectivity index (χ4n) is 4.27. The fraction of sp³-hybridized carbons (Fsp3) is 0.167. The van der Waals surface area contributed by atoms with Crippen molar-refractivity contribution in [3.63, 3.8) is 0 Å². The van der Waals surface area contributed by atoms with Gasteiger partial charge in [0.15, 0.2) is 6.04 Å². The lowest BCUT2D eigenvalue weighted by Gasteiger charge is -2.30. The zero-order chi connectivity index (χ0) is 21.5. The highest BCUT2D eigenvalue weighted by Gasteiger charge is 2.51. The molecule has 1 fully saturated rings. The normalized spacial score (nSPS) is 19.5. The summed E-state index contributed by atoms with van der Waals surface area (Å²) in [6.45, 7) is 0.423. The predicted molar refractivity (Wildman–Crippen MR) is 110 cm³/mol. The Balaban J connectivity index is 1.53. The van der Waals surface area contributed by atoms with Crippen molar-refractivity contribution in [2.24, 2.45) is 0 Å². The molecule has 31 heavy (non-hydrogen) atoms. The van der Waals surface area contributed by atoms with E-state index in [0.717, 1.165) is 22.3 Å². The lowest BCUT2D eigenvalue weighted by molar-refractivity contribution is -0.143. The topological polar surface area (TPSA) is 70.1 Å². The lowest BCUT2D eigenvalue weighted by Crippen LogP contribution is -2.38. The molecule has 3 aromatic rings. The van der Waals surface area contributed by atoms with Gasteiger partial charge >= 0.3 is 12.0 Å². The Morgan fingerprint density at radius 3 is 2.42 bits per heavy atom. The average Bonchev–Trinajstić information content (AvgIpc) is 3.05. The summed E-state index contributed by atoms with van der Waals surface area (Å²) in [7, 11) is 0. The van der Waals surface area contributed by atoms with Crippen LogP contribution in [0.5, 0.6) is 0 Å². The molecule has 0 spiro atoms. The van der Waals surface area contributed by atoms with E-state index in [1.807, 2.05) is 36.4 Å². The molecule has 2 atom stereocenters. The monoisotopic (exact) mass is 418 g/mol. The standard InChI is InChI=1S/C24H19FN2O4/c25-18-9-6-16(7-10-18)17-8-11-19-20(12-17)21-13-26(22(19)23(28)29)24(30)27(21)31-14-15-4-2-1-3-5-15/h1-12,21-22H,13-14H2,(H,28,29)/t21-,22-/m1/s1. The number of hydroxylamine groups is 2. The van der Waals surface area contributed by atoms with Gasteiger partial charge in [-0.2, -0.15) is 5.06 Å². The van der Waals surface area contributed by atoms with Crippen LogP contribution in [0.4, 0.5) is 9.18 Å². The molecule has 2 bridgehead atoms. The quantitative estimate of drug-likeness (QED) is 0.660. The molecule has 0 radical (unpaired) electrons. The van der Waals surface area contributed by atoms with Crippen LogP contribution in [0.3, 0.4) is 0 Å². The molecule has 0 aliphatic carbocycles. The van der Waals surface area contributed by atoms with E-state index >= 15 is 0 Å². The first-order valence-corrected chi connectivity index (χ1v) is 9.92. The molecule has 0 unspecified atom stereocenters. The van der Waals surface area contributed by atoms with Gasteiger partial charge in [-0.15, -0.1) is 0 Å². The number of carboxylic acid groups (broad SMARTS) is 1. The molecule has 6 nitrogen and oxygen atoms in total. The maximum absolute atomic E-state index is 13.3. The van der Waals surface area contributed by atoms with Gasteiger partial charge in [0.25, 0.3) is 0 Å². The SMILES string of the molecule is O=C(O)[C@H]1c2ccc(-c3ccc(F)cc3)cc2[C@H]2CN1C(=O)N2OCc1ccccc1. The van der Waals surface area contributed by atoms with Gasteiger partial charge in [-0.3, -0.25) is 4.84 Å². The summed E-state index contributed by atoms with van der Waals surface area (Å²) in [5.41, 5.74) is 3.82. The van der Waals surface area contributed by atoms with E-state index in [-0.39, 0.29) is 19.0 Å². The van der Waals surface area contributed by atoms with Gasteiger partial charge in [0.05, 0.1) is 6.54 Å². The Labute approximate surface area is 178 Å². The minimum Gasteiger partial charge on any atom is -0.479 e. The highest BCUT2D eigenvalue weighted by atomic mass is 19.1. The average molecular weight is 418 g/mol. The Morgan fingerprint density at radius 1 is 1.00 bits per heavy atom. The van der Waals surface area contributed by atoms with Crippen LogP contribution in [0.25, 0.3) is 11.1 Å². The number of halogens is 1. The Morgan fingerprint density at radius 2 is 1.71 bits per heavy atom. The Hall–Kier alpha value is -3.71. The largest absolute Gasteiger partial charge is 0.479 e. The summed E-state index contributed by atoms with van der Waals surface area (Å²) < 4.78 is 13.3. The van der Waals surface area contributed by atoms with Crippen molar-refractivity contribution >= 4 is 12.0 Å². The van der Waals surface area contributed by atoms with Crippen LogP contribution < -0.4 is 0 Å². The second-order valence-electron chi connectivity index (χ2n) is 7.63. The fourth-order valence-corrected chi connectivity index (χ4v) is 4.27. The maximum Gasteiger partial charge on any atom is 0.345 e. The van der Waals surface area contributed by atoms with Crippen molar-refractivity contribution < 1.29 is 23.9 Å². The summed E-state index contributed by atoms with van der Waals surface area (Å²) in [6.07, 6.45) is 0. The summed E-state index contributed by atoms with van der Waals surface area (Å²) >= 11 is 0. The molecule has 3 aromatic carbocycles. The van der Waals surface area contributed by atoms with Crippen LogP contribution in [0.15, 0.2) is 72.8 Å². The van der Waals surface area contributed by atoms with Gasteiger partial charge < -0.3 is 10.0 Å². The van der Waals surface area contributed by atoms with Gasteiger partial charge in [0, 0.05) is 0 Å². The van der Waals surface area contributed by atoms with Crippen LogP contribution in [0, 0.1) is 5.82 Å². The predicted octanol–water partition coefficient (Wildman–Crippen LogP) is 4.54. The minimum atomic E-state index is -1.09. The van der Waals surface area contributed by atoms with Crippen LogP contribution in [-0.2, 0) is 16.2 Å². The highest BCUT2D eigenvalue weighted by Crippen LogP contribution is 2.45. The highest BCUT2D eigenvalue weighted by molar-refractivity contribution is 5.87. The van der Waals surface area contributed by atoms with Crippen molar-refractivity contribution in [3.05, 3.63) is 95.3 Å². The number of fused-ring (bicyclic) bond motifs is 4. The summed E-state index contributed by atoms with van der Waals surface area (Å²) in [4.78, 5) is 32.2. The molecule has 0 saturated carbocycles. The zero-order valence-electron chi connectivity index (χ0n) is 16.4. The molecule has 156 valence electrons.